The van der Waals surface area contributed by atoms with Gasteiger partial charge in [-0.05, 0) is 60.8 Å². The molecular weight excluding hydrogens is 484 g/mol. The average Bonchev–Trinajstić information content (AvgIpc) is 3.08. The third-order valence-electron chi connectivity index (χ3n) is 8.18. The largest absolute Gasteiger partial charge is 0.410 e. The van der Waals surface area contributed by atoms with E-state index in [0.717, 1.165) is 16.7 Å². The Hall–Kier alpha value is -2.66. The smallest absolute Gasteiger partial charge is 0.264 e. The molecule has 36 heavy (non-hydrogen) atoms. The number of sulfonamides is 1. The maximum absolute atomic E-state index is 14.2. The van der Waals surface area contributed by atoms with E-state index in [-0.39, 0.29) is 22.5 Å². The second-order valence-corrected chi connectivity index (χ2v) is 18.0. The van der Waals surface area contributed by atoms with Crippen LogP contribution in [0.25, 0.3) is 0 Å². The van der Waals surface area contributed by atoms with Crippen molar-refractivity contribution in [1.82, 2.24) is 0 Å². The predicted molar refractivity (Wildman–Crippen MR) is 148 cm³/mol. The minimum atomic E-state index is -3.89. The van der Waals surface area contributed by atoms with Gasteiger partial charge in [-0.3, -0.25) is 4.31 Å². The molecule has 7 heteroatoms. The molecule has 4 rings (SSSR count). The molecule has 190 valence electrons. The molecule has 1 heterocycles. The van der Waals surface area contributed by atoms with Crippen molar-refractivity contribution in [1.29, 1.82) is 5.26 Å². The maximum atomic E-state index is 14.2. The number of aryl methyl sites for hydroxylation is 1. The van der Waals surface area contributed by atoms with Crippen LogP contribution in [0.4, 0.5) is 5.69 Å². The second-order valence-electron chi connectivity index (χ2n) is 11.5. The van der Waals surface area contributed by atoms with Gasteiger partial charge >= 0.3 is 0 Å². The van der Waals surface area contributed by atoms with E-state index in [4.69, 9.17) is 4.43 Å². The summed E-state index contributed by atoms with van der Waals surface area (Å²) in [6.45, 7) is 17.0. The van der Waals surface area contributed by atoms with Crippen molar-refractivity contribution in [3.63, 3.8) is 0 Å². The lowest BCUT2D eigenvalue weighted by Gasteiger charge is -2.46. The lowest BCUT2D eigenvalue weighted by Crippen LogP contribution is -2.53. The molecule has 0 radical (unpaired) electrons. The van der Waals surface area contributed by atoms with Gasteiger partial charge in [0, 0.05) is 0 Å². The zero-order chi connectivity index (χ0) is 26.5. The summed E-state index contributed by atoms with van der Waals surface area (Å²) in [5, 5.41) is 9.94. The van der Waals surface area contributed by atoms with Crippen LogP contribution >= 0.6 is 0 Å². The first-order chi connectivity index (χ1) is 16.8. The first kappa shape index (κ1) is 26.4. The van der Waals surface area contributed by atoms with Crippen LogP contribution in [0.3, 0.4) is 0 Å². The van der Waals surface area contributed by atoms with Gasteiger partial charge in [0.1, 0.15) is 0 Å². The lowest BCUT2D eigenvalue weighted by atomic mass is 9.68. The van der Waals surface area contributed by atoms with Crippen LogP contribution in [0.1, 0.15) is 44.7 Å². The molecule has 2 aromatic carbocycles. The summed E-state index contributed by atoms with van der Waals surface area (Å²) < 4.78 is 36.8. The van der Waals surface area contributed by atoms with Gasteiger partial charge in [0.05, 0.1) is 40.6 Å². The number of hydrogen-bond donors (Lipinski definition) is 0. The van der Waals surface area contributed by atoms with E-state index >= 15 is 0 Å². The Morgan fingerprint density at radius 2 is 1.83 bits per heavy atom. The fourth-order valence-electron chi connectivity index (χ4n) is 5.18. The Kier molecular flexibility index (Phi) is 6.61. The maximum Gasteiger partial charge on any atom is 0.264 e. The van der Waals surface area contributed by atoms with Crippen LogP contribution < -0.4 is 4.31 Å². The van der Waals surface area contributed by atoms with Gasteiger partial charge < -0.3 is 4.43 Å². The third-order valence-corrected chi connectivity index (χ3v) is 14.5. The Balaban J connectivity index is 1.92. The molecule has 1 aliphatic heterocycles. The molecule has 0 fully saturated rings. The van der Waals surface area contributed by atoms with Crippen LogP contribution in [0.5, 0.6) is 0 Å². The molecule has 0 amide bonds. The van der Waals surface area contributed by atoms with Gasteiger partial charge in [0.2, 0.25) is 0 Å². The molecule has 0 aromatic heterocycles. The molecule has 0 unspecified atom stereocenters. The number of para-hydroxylation sites is 1. The Bertz CT molecular complexity index is 1350. The van der Waals surface area contributed by atoms with Crippen molar-refractivity contribution >= 4 is 24.0 Å². The van der Waals surface area contributed by atoms with E-state index in [0.29, 0.717) is 12.1 Å². The summed E-state index contributed by atoms with van der Waals surface area (Å²) in [4.78, 5) is 0.246. The number of nitriles is 1. The predicted octanol–water partition coefficient (Wildman–Crippen LogP) is 6.63. The summed E-state index contributed by atoms with van der Waals surface area (Å²) in [5.41, 5.74) is 2.63. The lowest BCUT2D eigenvalue weighted by molar-refractivity contribution is 0.176. The summed E-state index contributed by atoms with van der Waals surface area (Å²) in [7, 11) is -6.07. The van der Waals surface area contributed by atoms with Crippen molar-refractivity contribution in [2.45, 2.75) is 81.1 Å². The summed E-state index contributed by atoms with van der Waals surface area (Å²) in [6, 6.07) is 16.4. The highest BCUT2D eigenvalue weighted by Crippen LogP contribution is 2.55. The minimum absolute atomic E-state index is 0.00717. The van der Waals surface area contributed by atoms with E-state index in [1.807, 2.05) is 49.4 Å². The van der Waals surface area contributed by atoms with Crippen LogP contribution in [0, 0.1) is 18.3 Å². The van der Waals surface area contributed by atoms with Crippen LogP contribution in [0.15, 0.2) is 77.7 Å². The Morgan fingerprint density at radius 1 is 1.19 bits per heavy atom. The molecule has 1 aliphatic carbocycles. The summed E-state index contributed by atoms with van der Waals surface area (Å²) in [6.07, 6.45) is 4.20. The van der Waals surface area contributed by atoms with Crippen molar-refractivity contribution < 1.29 is 12.8 Å². The van der Waals surface area contributed by atoms with Gasteiger partial charge in [-0.15, -0.1) is 0 Å². The molecule has 0 bridgehead atoms. The molecule has 0 saturated heterocycles. The zero-order valence-corrected chi connectivity index (χ0v) is 23.9. The van der Waals surface area contributed by atoms with Crippen molar-refractivity contribution in [3.05, 3.63) is 84.0 Å². The highest BCUT2D eigenvalue weighted by molar-refractivity contribution is 7.92. The molecule has 2 aromatic rings. The molecule has 0 saturated carbocycles. The number of nitrogens with zero attached hydrogens (tertiary/aromatic N) is 2. The molecule has 5 nitrogen and oxygen atoms in total. The Labute approximate surface area is 217 Å². The van der Waals surface area contributed by atoms with Gasteiger partial charge in [0.25, 0.3) is 10.0 Å². The molecule has 3 atom stereocenters. The van der Waals surface area contributed by atoms with E-state index in [1.54, 1.807) is 16.4 Å². The fourth-order valence-corrected chi connectivity index (χ4v) is 8.21. The van der Waals surface area contributed by atoms with E-state index in [2.05, 4.69) is 52.6 Å². The van der Waals surface area contributed by atoms with Gasteiger partial charge in [-0.1, -0.05) is 75.4 Å². The van der Waals surface area contributed by atoms with Gasteiger partial charge in [-0.2, -0.15) is 5.26 Å². The minimum Gasteiger partial charge on any atom is -0.410 e. The highest BCUT2D eigenvalue weighted by Gasteiger charge is 2.57. The zero-order valence-electron chi connectivity index (χ0n) is 22.1. The van der Waals surface area contributed by atoms with Crippen LogP contribution in [-0.4, -0.2) is 28.9 Å². The highest BCUT2D eigenvalue weighted by atomic mass is 32.2. The Morgan fingerprint density at radius 3 is 2.42 bits per heavy atom. The van der Waals surface area contributed by atoms with Crippen molar-refractivity contribution in [2.24, 2.45) is 0 Å². The SMILES string of the molecule is C=CC1=C[C@@]2(CC#N)c3ccccc3N(S(=O)(=O)c3ccc(C)cc3)[C@H]2C[C@@H]1O[Si](C)(C)C(C)(C)C. The summed E-state index contributed by atoms with van der Waals surface area (Å²) >= 11 is 0. The number of hydrogen-bond acceptors (Lipinski definition) is 4. The van der Waals surface area contributed by atoms with E-state index in [9.17, 15) is 13.7 Å². The number of benzene rings is 2. The quantitative estimate of drug-likeness (QED) is 0.401. The van der Waals surface area contributed by atoms with Crippen molar-refractivity contribution in [3.8, 4) is 6.07 Å². The number of fused-ring (bicyclic) bond motifs is 3. The first-order valence-electron chi connectivity index (χ1n) is 12.4. The average molecular weight is 521 g/mol. The third kappa shape index (κ3) is 4.15. The van der Waals surface area contributed by atoms with Crippen LogP contribution in [0.2, 0.25) is 18.1 Å². The topological polar surface area (TPSA) is 70.4 Å². The number of anilines is 1. The second kappa shape index (κ2) is 9.02. The van der Waals surface area contributed by atoms with Crippen molar-refractivity contribution in [2.75, 3.05) is 4.31 Å². The monoisotopic (exact) mass is 520 g/mol. The van der Waals surface area contributed by atoms with E-state index in [1.165, 1.54) is 0 Å². The first-order valence-corrected chi connectivity index (χ1v) is 16.7. The fraction of sp³-hybridized carbons (Fsp3) is 0.414. The molecule has 0 N–H and O–H groups in total. The molecule has 0 spiro atoms. The standard InChI is InChI=1S/C29H36N2O3SSi/c1-8-22-20-29(17-18-30)24-11-9-10-12-25(24)31(35(32,33)23-15-13-21(2)14-16-23)27(29)19-26(22)34-36(6,7)28(3,4)5/h8-16,20,26-27H,1,17,19H2,2-7H3/t26-,27-,29-/m0/s1. The van der Waals surface area contributed by atoms with E-state index < -0.39 is 29.8 Å². The van der Waals surface area contributed by atoms with Gasteiger partial charge in [-0.25, -0.2) is 8.42 Å². The molecular formula is C29H36N2O3SSi. The summed E-state index contributed by atoms with van der Waals surface area (Å²) in [5.74, 6) is 0. The van der Waals surface area contributed by atoms with Gasteiger partial charge in [0.15, 0.2) is 8.32 Å². The number of rotatable bonds is 6. The van der Waals surface area contributed by atoms with Crippen LogP contribution in [-0.2, 0) is 19.9 Å². The molecule has 2 aliphatic rings. The normalized spacial score (nSPS) is 23.9.